The Kier molecular flexibility index (Phi) is 3.62. The Morgan fingerprint density at radius 2 is 1.62 bits per heavy atom. The van der Waals surface area contributed by atoms with Crippen molar-refractivity contribution in [2.24, 2.45) is 0 Å². The molecule has 0 aliphatic carbocycles. The smallest absolute Gasteiger partial charge is 0.163 e. The third-order valence-corrected chi connectivity index (χ3v) is 3.68. The molecule has 2 aromatic carbocycles. The number of fused-ring (bicyclic) bond motifs is 1. The van der Waals surface area contributed by atoms with Gasteiger partial charge >= 0.3 is 0 Å². The Balaban J connectivity index is 2.08. The Hall–Kier alpha value is -2.33. The number of anilines is 2. The number of hydrogen-bond acceptors (Lipinski definition) is 4. The van der Waals surface area contributed by atoms with E-state index in [1.54, 1.807) is 7.11 Å². The van der Waals surface area contributed by atoms with Crippen molar-refractivity contribution in [1.82, 2.24) is 10.2 Å². The van der Waals surface area contributed by atoms with Crippen molar-refractivity contribution < 1.29 is 4.74 Å². The zero-order valence-corrected chi connectivity index (χ0v) is 12.5. The highest BCUT2D eigenvalue weighted by Crippen LogP contribution is 2.31. The van der Waals surface area contributed by atoms with Crippen LogP contribution in [0.25, 0.3) is 10.8 Å². The zero-order valence-electron chi connectivity index (χ0n) is 11.7. The molecule has 1 aromatic heterocycles. The molecule has 0 aliphatic heterocycles. The Morgan fingerprint density at radius 3 is 2.29 bits per heavy atom. The van der Waals surface area contributed by atoms with E-state index in [0.29, 0.717) is 5.15 Å². The summed E-state index contributed by atoms with van der Waals surface area (Å²) >= 11 is 6.11. The van der Waals surface area contributed by atoms with Crippen LogP contribution in [0.4, 0.5) is 11.5 Å². The molecule has 0 spiro atoms. The first kappa shape index (κ1) is 13.6. The van der Waals surface area contributed by atoms with Crippen LogP contribution in [0, 0.1) is 0 Å². The van der Waals surface area contributed by atoms with Crippen molar-refractivity contribution in [2.75, 3.05) is 19.1 Å². The van der Waals surface area contributed by atoms with Gasteiger partial charge in [0.25, 0.3) is 0 Å². The molecule has 0 saturated heterocycles. The van der Waals surface area contributed by atoms with Gasteiger partial charge in [-0.05, 0) is 24.3 Å². The predicted octanol–water partition coefficient (Wildman–Crippen LogP) is 4.06. The summed E-state index contributed by atoms with van der Waals surface area (Å²) in [7, 11) is 3.60. The van der Waals surface area contributed by atoms with Crippen molar-refractivity contribution in [3.05, 3.63) is 53.7 Å². The van der Waals surface area contributed by atoms with Crippen LogP contribution in [0.1, 0.15) is 0 Å². The molecule has 0 unspecified atom stereocenters. The quantitative estimate of drug-likeness (QED) is 0.731. The van der Waals surface area contributed by atoms with E-state index in [1.807, 2.05) is 60.5 Å². The number of hydrogen-bond donors (Lipinski definition) is 0. The fourth-order valence-corrected chi connectivity index (χ4v) is 2.44. The monoisotopic (exact) mass is 299 g/mol. The number of ether oxygens (including phenoxy) is 1. The van der Waals surface area contributed by atoms with Crippen molar-refractivity contribution >= 4 is 33.9 Å². The van der Waals surface area contributed by atoms with Crippen LogP contribution in [-0.4, -0.2) is 24.4 Å². The van der Waals surface area contributed by atoms with E-state index in [-0.39, 0.29) is 0 Å². The van der Waals surface area contributed by atoms with Crippen LogP contribution < -0.4 is 9.64 Å². The minimum atomic E-state index is 0.414. The summed E-state index contributed by atoms with van der Waals surface area (Å²) in [5.74, 6) is 1.58. The normalized spacial score (nSPS) is 10.6. The lowest BCUT2D eigenvalue weighted by atomic mass is 10.2. The minimum Gasteiger partial charge on any atom is -0.497 e. The van der Waals surface area contributed by atoms with Crippen LogP contribution in [-0.2, 0) is 0 Å². The van der Waals surface area contributed by atoms with Gasteiger partial charge in [-0.1, -0.05) is 35.9 Å². The zero-order chi connectivity index (χ0) is 14.8. The standard InChI is InChI=1S/C16H14ClN3O/c1-20(11-7-9-12(21-2)10-8-11)16-14-6-4-3-5-13(14)15(17)18-19-16/h3-10H,1-2H3. The predicted molar refractivity (Wildman–Crippen MR) is 85.6 cm³/mol. The summed E-state index contributed by atoms with van der Waals surface area (Å²) < 4.78 is 5.18. The van der Waals surface area contributed by atoms with Gasteiger partial charge < -0.3 is 9.64 Å². The lowest BCUT2D eigenvalue weighted by Gasteiger charge is -2.19. The molecule has 21 heavy (non-hydrogen) atoms. The minimum absolute atomic E-state index is 0.414. The average Bonchev–Trinajstić information content (AvgIpc) is 2.55. The molecule has 0 radical (unpaired) electrons. The number of halogens is 1. The number of methoxy groups -OCH3 is 1. The summed E-state index contributed by atoms with van der Waals surface area (Å²) in [6.07, 6.45) is 0. The van der Waals surface area contributed by atoms with Gasteiger partial charge in [0, 0.05) is 23.5 Å². The number of aromatic nitrogens is 2. The molecule has 0 saturated carbocycles. The highest BCUT2D eigenvalue weighted by Gasteiger charge is 2.12. The summed E-state index contributed by atoms with van der Waals surface area (Å²) in [5.41, 5.74) is 0.998. The number of benzene rings is 2. The lowest BCUT2D eigenvalue weighted by Crippen LogP contribution is -2.12. The molecular weight excluding hydrogens is 286 g/mol. The van der Waals surface area contributed by atoms with Crippen LogP contribution in [0.5, 0.6) is 5.75 Å². The molecule has 3 aromatic rings. The van der Waals surface area contributed by atoms with E-state index in [0.717, 1.165) is 28.0 Å². The van der Waals surface area contributed by atoms with Crippen molar-refractivity contribution in [3.63, 3.8) is 0 Å². The first-order valence-corrected chi connectivity index (χ1v) is 6.87. The molecule has 0 aliphatic rings. The third kappa shape index (κ3) is 2.50. The molecular formula is C16H14ClN3O. The highest BCUT2D eigenvalue weighted by atomic mass is 35.5. The van der Waals surface area contributed by atoms with Gasteiger partial charge in [-0.15, -0.1) is 10.2 Å². The third-order valence-electron chi connectivity index (χ3n) is 3.40. The van der Waals surface area contributed by atoms with Gasteiger partial charge in [0.2, 0.25) is 0 Å². The Morgan fingerprint density at radius 1 is 0.952 bits per heavy atom. The lowest BCUT2D eigenvalue weighted by molar-refractivity contribution is 0.415. The fourth-order valence-electron chi connectivity index (χ4n) is 2.23. The number of rotatable bonds is 3. The van der Waals surface area contributed by atoms with E-state index in [2.05, 4.69) is 10.2 Å². The molecule has 5 heteroatoms. The first-order valence-electron chi connectivity index (χ1n) is 6.49. The molecule has 0 bridgehead atoms. The van der Waals surface area contributed by atoms with Crippen molar-refractivity contribution in [2.45, 2.75) is 0 Å². The van der Waals surface area contributed by atoms with Crippen LogP contribution in [0.2, 0.25) is 5.15 Å². The van der Waals surface area contributed by atoms with Crippen LogP contribution in [0.15, 0.2) is 48.5 Å². The summed E-state index contributed by atoms with van der Waals surface area (Å²) in [6, 6.07) is 15.6. The van der Waals surface area contributed by atoms with Gasteiger partial charge in [0.05, 0.1) is 7.11 Å². The largest absolute Gasteiger partial charge is 0.497 e. The second-order valence-electron chi connectivity index (χ2n) is 4.62. The Bertz CT molecular complexity index is 774. The summed E-state index contributed by atoms with van der Waals surface area (Å²) in [6.45, 7) is 0. The van der Waals surface area contributed by atoms with Gasteiger partial charge in [-0.3, -0.25) is 0 Å². The van der Waals surface area contributed by atoms with Crippen LogP contribution >= 0.6 is 11.6 Å². The van der Waals surface area contributed by atoms with Crippen LogP contribution in [0.3, 0.4) is 0 Å². The molecule has 0 atom stereocenters. The van der Waals surface area contributed by atoms with E-state index in [9.17, 15) is 0 Å². The maximum Gasteiger partial charge on any atom is 0.163 e. The van der Waals surface area contributed by atoms with Crippen molar-refractivity contribution in [1.29, 1.82) is 0 Å². The molecule has 3 rings (SSSR count). The maximum atomic E-state index is 6.11. The maximum absolute atomic E-state index is 6.11. The molecule has 106 valence electrons. The van der Waals surface area contributed by atoms with E-state index in [4.69, 9.17) is 16.3 Å². The molecule has 0 amide bonds. The molecule has 1 heterocycles. The van der Waals surface area contributed by atoms with E-state index in [1.165, 1.54) is 0 Å². The van der Waals surface area contributed by atoms with E-state index >= 15 is 0 Å². The topological polar surface area (TPSA) is 38.2 Å². The first-order chi connectivity index (χ1) is 10.2. The van der Waals surface area contributed by atoms with Gasteiger partial charge in [-0.2, -0.15) is 0 Å². The highest BCUT2D eigenvalue weighted by molar-refractivity contribution is 6.34. The second kappa shape index (κ2) is 5.58. The molecule has 0 N–H and O–H groups in total. The number of nitrogens with zero attached hydrogens (tertiary/aromatic N) is 3. The summed E-state index contributed by atoms with van der Waals surface area (Å²) in [5, 5.41) is 10.6. The van der Waals surface area contributed by atoms with E-state index < -0.39 is 0 Å². The van der Waals surface area contributed by atoms with Gasteiger partial charge in [0.1, 0.15) is 5.75 Å². The SMILES string of the molecule is COc1ccc(N(C)c2nnc(Cl)c3ccccc23)cc1. The Labute approximate surface area is 127 Å². The second-order valence-corrected chi connectivity index (χ2v) is 4.98. The van der Waals surface area contributed by atoms with Crippen molar-refractivity contribution in [3.8, 4) is 5.75 Å². The fraction of sp³-hybridized carbons (Fsp3) is 0.125. The molecule has 0 fully saturated rings. The van der Waals surface area contributed by atoms with Gasteiger partial charge in [0.15, 0.2) is 11.0 Å². The van der Waals surface area contributed by atoms with Gasteiger partial charge in [-0.25, -0.2) is 0 Å². The summed E-state index contributed by atoms with van der Waals surface area (Å²) in [4.78, 5) is 1.98. The average molecular weight is 300 g/mol. The molecule has 4 nitrogen and oxygen atoms in total.